The van der Waals surface area contributed by atoms with Gasteiger partial charge in [0, 0.05) is 10.1 Å². The minimum atomic E-state index is -0.255. The average molecular weight is 453 g/mol. The molecule has 1 aromatic carbocycles. The Kier molecular flexibility index (Phi) is 5.53. The fraction of sp³-hybridized carbons (Fsp3) is 0.308. The molecule has 0 saturated heterocycles. The maximum atomic E-state index is 13.3. The lowest BCUT2D eigenvalue weighted by molar-refractivity contribution is 0.517. The molecule has 0 fully saturated rings. The van der Waals surface area contributed by atoms with Crippen LogP contribution in [-0.4, -0.2) is 9.78 Å². The number of halogens is 3. The first-order chi connectivity index (χ1) is 9.58. The molecule has 1 heterocycles. The summed E-state index contributed by atoms with van der Waals surface area (Å²) in [4.78, 5) is 0. The highest BCUT2D eigenvalue weighted by Gasteiger charge is 2.22. The molecule has 1 unspecified atom stereocenters. The Morgan fingerprint density at radius 3 is 2.90 bits per heavy atom. The van der Waals surface area contributed by atoms with E-state index in [1.165, 1.54) is 12.1 Å². The van der Waals surface area contributed by atoms with Crippen LogP contribution in [0.5, 0.6) is 0 Å². The predicted molar refractivity (Wildman–Crippen MR) is 88.5 cm³/mol. The summed E-state index contributed by atoms with van der Waals surface area (Å²) >= 11 is 5.62. The third-order valence-electron chi connectivity index (χ3n) is 2.98. The summed E-state index contributed by atoms with van der Waals surface area (Å²) < 4.78 is 16.9. The molecule has 1 atom stereocenters. The SMILES string of the molecule is CCCn1ncc(Br)c1C(NN)c1ccc(F)cc1I. The van der Waals surface area contributed by atoms with Gasteiger partial charge in [-0.15, -0.1) is 0 Å². The average Bonchev–Trinajstić information content (AvgIpc) is 2.75. The van der Waals surface area contributed by atoms with Gasteiger partial charge < -0.3 is 0 Å². The Hall–Kier alpha value is -0.510. The molecule has 0 aliphatic rings. The van der Waals surface area contributed by atoms with Crippen molar-refractivity contribution in [2.24, 2.45) is 5.84 Å². The van der Waals surface area contributed by atoms with Crippen LogP contribution in [-0.2, 0) is 6.54 Å². The summed E-state index contributed by atoms with van der Waals surface area (Å²) in [7, 11) is 0. The summed E-state index contributed by atoms with van der Waals surface area (Å²) in [5.74, 6) is 5.47. The molecule has 0 aliphatic heterocycles. The number of nitrogens with two attached hydrogens (primary N) is 1. The second kappa shape index (κ2) is 6.97. The topological polar surface area (TPSA) is 55.9 Å². The molecule has 0 radical (unpaired) electrons. The zero-order chi connectivity index (χ0) is 14.7. The standard InChI is InChI=1S/C13H15BrFIN4/c1-2-5-20-13(10(14)7-18-20)12(19-17)9-4-3-8(15)6-11(9)16/h3-4,6-7,12,19H,2,5,17H2,1H3. The van der Waals surface area contributed by atoms with Gasteiger partial charge in [0.15, 0.2) is 0 Å². The molecule has 2 rings (SSSR count). The minimum Gasteiger partial charge on any atom is -0.271 e. The highest BCUT2D eigenvalue weighted by Crippen LogP contribution is 2.31. The molecular formula is C13H15BrFIN4. The van der Waals surface area contributed by atoms with Gasteiger partial charge >= 0.3 is 0 Å². The lowest BCUT2D eigenvalue weighted by Gasteiger charge is -2.20. The first kappa shape index (κ1) is 15.9. The van der Waals surface area contributed by atoms with Gasteiger partial charge in [-0.3, -0.25) is 10.5 Å². The summed E-state index contributed by atoms with van der Waals surface area (Å²) in [5.41, 5.74) is 4.67. The van der Waals surface area contributed by atoms with Gasteiger partial charge in [0.05, 0.1) is 22.4 Å². The predicted octanol–water partition coefficient (Wildman–Crippen LogP) is 3.35. The van der Waals surface area contributed by atoms with Crippen molar-refractivity contribution in [2.75, 3.05) is 0 Å². The van der Waals surface area contributed by atoms with E-state index in [1.54, 1.807) is 12.3 Å². The van der Waals surface area contributed by atoms with Crippen molar-refractivity contribution in [1.82, 2.24) is 15.2 Å². The van der Waals surface area contributed by atoms with Crippen LogP contribution in [0.2, 0.25) is 0 Å². The molecule has 0 spiro atoms. The normalized spacial score (nSPS) is 12.7. The van der Waals surface area contributed by atoms with E-state index in [0.29, 0.717) is 0 Å². The van der Waals surface area contributed by atoms with Crippen LogP contribution in [0.4, 0.5) is 4.39 Å². The number of nitrogens with zero attached hydrogens (tertiary/aromatic N) is 2. The van der Waals surface area contributed by atoms with Crippen LogP contribution >= 0.6 is 38.5 Å². The summed E-state index contributed by atoms with van der Waals surface area (Å²) in [5, 5.41) is 4.34. The maximum Gasteiger partial charge on any atom is 0.124 e. The monoisotopic (exact) mass is 452 g/mol. The van der Waals surface area contributed by atoms with Crippen LogP contribution in [0.3, 0.4) is 0 Å². The molecular weight excluding hydrogens is 438 g/mol. The fourth-order valence-corrected chi connectivity index (χ4v) is 3.41. The van der Waals surface area contributed by atoms with E-state index in [9.17, 15) is 4.39 Å². The van der Waals surface area contributed by atoms with Gasteiger partial charge in [-0.1, -0.05) is 13.0 Å². The summed E-state index contributed by atoms with van der Waals surface area (Å²) in [6, 6.07) is 4.44. The molecule has 1 aromatic heterocycles. The quantitative estimate of drug-likeness (QED) is 0.415. The van der Waals surface area contributed by atoms with E-state index in [0.717, 1.165) is 32.3 Å². The molecule has 7 heteroatoms. The second-order valence-electron chi connectivity index (χ2n) is 4.37. The zero-order valence-electron chi connectivity index (χ0n) is 10.9. The van der Waals surface area contributed by atoms with Gasteiger partial charge in [-0.2, -0.15) is 5.10 Å². The number of aryl methyl sites for hydroxylation is 1. The van der Waals surface area contributed by atoms with Crippen molar-refractivity contribution in [3.63, 3.8) is 0 Å². The number of hydrazine groups is 1. The number of hydrogen-bond donors (Lipinski definition) is 2. The van der Waals surface area contributed by atoms with Gasteiger partial charge in [-0.25, -0.2) is 9.82 Å². The molecule has 0 amide bonds. The van der Waals surface area contributed by atoms with Crippen LogP contribution in [0.25, 0.3) is 0 Å². The molecule has 20 heavy (non-hydrogen) atoms. The number of aromatic nitrogens is 2. The summed E-state index contributed by atoms with van der Waals surface area (Å²) in [6.07, 6.45) is 2.73. The van der Waals surface area contributed by atoms with Gasteiger partial charge in [-0.05, 0) is 62.6 Å². The first-order valence-corrected chi connectivity index (χ1v) is 8.08. The Morgan fingerprint density at radius 1 is 1.55 bits per heavy atom. The third-order valence-corrected chi connectivity index (χ3v) is 4.53. The smallest absolute Gasteiger partial charge is 0.124 e. The van der Waals surface area contributed by atoms with Crippen LogP contribution < -0.4 is 11.3 Å². The van der Waals surface area contributed by atoms with E-state index in [4.69, 9.17) is 5.84 Å². The zero-order valence-corrected chi connectivity index (χ0v) is 14.7. The molecule has 3 N–H and O–H groups in total. The largest absolute Gasteiger partial charge is 0.271 e. The lowest BCUT2D eigenvalue weighted by atomic mass is 10.0. The van der Waals surface area contributed by atoms with Crippen LogP contribution in [0.1, 0.15) is 30.6 Å². The first-order valence-electron chi connectivity index (χ1n) is 6.20. The number of nitrogens with one attached hydrogen (secondary N) is 1. The van der Waals surface area contributed by atoms with Crippen molar-refractivity contribution < 1.29 is 4.39 Å². The van der Waals surface area contributed by atoms with E-state index >= 15 is 0 Å². The second-order valence-corrected chi connectivity index (χ2v) is 6.38. The molecule has 2 aromatic rings. The van der Waals surface area contributed by atoms with Crippen molar-refractivity contribution in [3.8, 4) is 0 Å². The van der Waals surface area contributed by atoms with Crippen molar-refractivity contribution in [1.29, 1.82) is 0 Å². The van der Waals surface area contributed by atoms with E-state index in [2.05, 4.69) is 56.0 Å². The number of hydrogen-bond acceptors (Lipinski definition) is 3. The lowest BCUT2D eigenvalue weighted by Crippen LogP contribution is -2.31. The Morgan fingerprint density at radius 2 is 2.30 bits per heavy atom. The Labute approximate surface area is 139 Å². The maximum absolute atomic E-state index is 13.3. The van der Waals surface area contributed by atoms with E-state index in [-0.39, 0.29) is 11.9 Å². The van der Waals surface area contributed by atoms with Gasteiger partial charge in [0.2, 0.25) is 0 Å². The highest BCUT2D eigenvalue weighted by atomic mass is 127. The van der Waals surface area contributed by atoms with E-state index < -0.39 is 0 Å². The summed E-state index contributed by atoms with van der Waals surface area (Å²) in [6.45, 7) is 2.89. The van der Waals surface area contributed by atoms with Crippen molar-refractivity contribution in [3.05, 3.63) is 49.5 Å². The van der Waals surface area contributed by atoms with Crippen LogP contribution in [0, 0.1) is 9.39 Å². The Bertz CT molecular complexity index is 602. The molecule has 0 saturated carbocycles. The number of benzene rings is 1. The molecule has 108 valence electrons. The van der Waals surface area contributed by atoms with E-state index in [1.807, 2.05) is 4.68 Å². The Balaban J connectivity index is 2.49. The van der Waals surface area contributed by atoms with Gasteiger partial charge in [0.25, 0.3) is 0 Å². The van der Waals surface area contributed by atoms with Crippen LogP contribution in [0.15, 0.2) is 28.9 Å². The molecule has 4 nitrogen and oxygen atoms in total. The van der Waals surface area contributed by atoms with Crippen molar-refractivity contribution >= 4 is 38.5 Å². The van der Waals surface area contributed by atoms with Crippen molar-refractivity contribution in [2.45, 2.75) is 25.9 Å². The van der Waals surface area contributed by atoms with Gasteiger partial charge in [0.1, 0.15) is 5.82 Å². The fourth-order valence-electron chi connectivity index (χ4n) is 2.10. The molecule has 0 aliphatic carbocycles. The number of rotatable bonds is 5. The molecule has 0 bridgehead atoms. The highest BCUT2D eigenvalue weighted by molar-refractivity contribution is 14.1. The minimum absolute atomic E-state index is 0.245. The third kappa shape index (κ3) is 3.21.